The standard InChI is InChI=1S/C15H24INO2S/c1-2-7-14-8-10-15(11-9-14)20(18,19)17-13-6-4-3-5-12-16/h8-11,17H,2-7,12-13H2,1H3. The van der Waals surface area contributed by atoms with Gasteiger partial charge < -0.3 is 0 Å². The number of hydrogen-bond donors (Lipinski definition) is 1. The van der Waals surface area contributed by atoms with E-state index in [0.29, 0.717) is 11.4 Å². The Balaban J connectivity index is 2.43. The highest BCUT2D eigenvalue weighted by Gasteiger charge is 2.12. The van der Waals surface area contributed by atoms with Crippen LogP contribution < -0.4 is 4.72 Å². The SMILES string of the molecule is CCCc1ccc(S(=O)(=O)NCCCCCCI)cc1. The minimum Gasteiger partial charge on any atom is -0.211 e. The van der Waals surface area contributed by atoms with Gasteiger partial charge in [-0.05, 0) is 41.4 Å². The van der Waals surface area contributed by atoms with Gasteiger partial charge in [0.2, 0.25) is 10.0 Å². The normalized spacial score (nSPS) is 11.7. The molecule has 20 heavy (non-hydrogen) atoms. The smallest absolute Gasteiger partial charge is 0.211 e. The average Bonchev–Trinajstić information content (AvgIpc) is 2.44. The fraction of sp³-hybridized carbons (Fsp3) is 0.600. The highest BCUT2D eigenvalue weighted by atomic mass is 127. The molecule has 0 heterocycles. The van der Waals surface area contributed by atoms with Gasteiger partial charge in [-0.3, -0.25) is 0 Å². The molecule has 3 nitrogen and oxygen atoms in total. The fourth-order valence-electron chi connectivity index (χ4n) is 1.99. The molecule has 114 valence electrons. The largest absolute Gasteiger partial charge is 0.240 e. The molecule has 0 bridgehead atoms. The lowest BCUT2D eigenvalue weighted by molar-refractivity contribution is 0.574. The second-order valence-corrected chi connectivity index (χ2v) is 7.74. The van der Waals surface area contributed by atoms with Crippen LogP contribution in [0.5, 0.6) is 0 Å². The van der Waals surface area contributed by atoms with E-state index in [0.717, 1.165) is 25.7 Å². The first kappa shape index (κ1) is 17.9. The van der Waals surface area contributed by atoms with E-state index in [1.165, 1.54) is 22.8 Å². The Bertz CT molecular complexity index is 471. The van der Waals surface area contributed by atoms with Gasteiger partial charge in [0, 0.05) is 6.54 Å². The lowest BCUT2D eigenvalue weighted by Gasteiger charge is -2.07. The van der Waals surface area contributed by atoms with Gasteiger partial charge in [-0.1, -0.05) is 60.9 Å². The number of alkyl halides is 1. The summed E-state index contributed by atoms with van der Waals surface area (Å²) in [5.41, 5.74) is 1.19. The number of hydrogen-bond acceptors (Lipinski definition) is 2. The molecule has 0 aromatic heterocycles. The number of sulfonamides is 1. The molecule has 1 rings (SSSR count). The molecule has 5 heteroatoms. The Morgan fingerprint density at radius 1 is 1.05 bits per heavy atom. The summed E-state index contributed by atoms with van der Waals surface area (Å²) in [7, 11) is -3.34. The number of aryl methyl sites for hydroxylation is 1. The molecule has 0 aliphatic carbocycles. The van der Waals surface area contributed by atoms with Crippen molar-refractivity contribution in [1.29, 1.82) is 0 Å². The first-order chi connectivity index (χ1) is 9.60. The molecular weight excluding hydrogens is 385 g/mol. The molecule has 0 amide bonds. The molecule has 0 radical (unpaired) electrons. The Morgan fingerprint density at radius 2 is 1.70 bits per heavy atom. The van der Waals surface area contributed by atoms with Gasteiger partial charge in [-0.2, -0.15) is 0 Å². The van der Waals surface area contributed by atoms with Crippen molar-refractivity contribution in [1.82, 2.24) is 4.72 Å². The van der Waals surface area contributed by atoms with Crippen molar-refractivity contribution in [2.24, 2.45) is 0 Å². The summed E-state index contributed by atoms with van der Waals surface area (Å²) in [6.45, 7) is 2.64. The van der Waals surface area contributed by atoms with Gasteiger partial charge in [0.1, 0.15) is 0 Å². The fourth-order valence-corrected chi connectivity index (χ4v) is 3.60. The minimum atomic E-state index is -3.34. The van der Waals surface area contributed by atoms with Crippen LogP contribution in [0.2, 0.25) is 0 Å². The van der Waals surface area contributed by atoms with E-state index in [2.05, 4.69) is 34.2 Å². The summed E-state index contributed by atoms with van der Waals surface area (Å²) in [5.74, 6) is 0. The van der Waals surface area contributed by atoms with Crippen LogP contribution in [0, 0.1) is 0 Å². The molecule has 1 aromatic carbocycles. The number of benzene rings is 1. The minimum absolute atomic E-state index is 0.365. The number of nitrogens with one attached hydrogen (secondary N) is 1. The van der Waals surface area contributed by atoms with Crippen LogP contribution in [0.25, 0.3) is 0 Å². The maximum absolute atomic E-state index is 12.1. The molecule has 0 aliphatic heterocycles. The zero-order valence-corrected chi connectivity index (χ0v) is 15.0. The van der Waals surface area contributed by atoms with Crippen molar-refractivity contribution in [3.05, 3.63) is 29.8 Å². The van der Waals surface area contributed by atoms with Crippen molar-refractivity contribution in [3.63, 3.8) is 0 Å². The second kappa shape index (κ2) is 9.73. The van der Waals surface area contributed by atoms with Crippen LogP contribution in [0.4, 0.5) is 0 Å². The second-order valence-electron chi connectivity index (χ2n) is 4.89. The van der Waals surface area contributed by atoms with E-state index >= 15 is 0 Å². The molecule has 0 fully saturated rings. The van der Waals surface area contributed by atoms with Crippen LogP contribution >= 0.6 is 22.6 Å². The monoisotopic (exact) mass is 409 g/mol. The van der Waals surface area contributed by atoms with Crippen molar-refractivity contribution in [2.75, 3.05) is 11.0 Å². The Kier molecular flexibility index (Phi) is 8.72. The van der Waals surface area contributed by atoms with Gasteiger partial charge in [-0.25, -0.2) is 13.1 Å². The maximum atomic E-state index is 12.1. The lowest BCUT2D eigenvalue weighted by Crippen LogP contribution is -2.24. The van der Waals surface area contributed by atoms with Crippen molar-refractivity contribution >= 4 is 32.6 Å². The zero-order valence-electron chi connectivity index (χ0n) is 12.1. The van der Waals surface area contributed by atoms with Gasteiger partial charge in [0.15, 0.2) is 0 Å². The molecule has 0 spiro atoms. The van der Waals surface area contributed by atoms with E-state index < -0.39 is 10.0 Å². The Hall–Kier alpha value is -0.140. The molecule has 0 atom stereocenters. The van der Waals surface area contributed by atoms with Gasteiger partial charge >= 0.3 is 0 Å². The molecule has 0 unspecified atom stereocenters. The van der Waals surface area contributed by atoms with Gasteiger partial charge in [0.05, 0.1) is 4.90 Å². The van der Waals surface area contributed by atoms with Gasteiger partial charge in [-0.15, -0.1) is 0 Å². The van der Waals surface area contributed by atoms with Crippen molar-refractivity contribution in [2.45, 2.75) is 50.3 Å². The topological polar surface area (TPSA) is 46.2 Å². The highest BCUT2D eigenvalue weighted by molar-refractivity contribution is 14.1. The quantitative estimate of drug-likeness (QED) is 0.362. The molecule has 1 aromatic rings. The molecule has 0 saturated carbocycles. The predicted octanol–water partition coefficient (Wildman–Crippen LogP) is 3.91. The molecular formula is C15H24INO2S. The number of unbranched alkanes of at least 4 members (excludes halogenated alkanes) is 3. The highest BCUT2D eigenvalue weighted by Crippen LogP contribution is 2.12. The summed E-state index contributed by atoms with van der Waals surface area (Å²) in [6.07, 6.45) is 6.44. The van der Waals surface area contributed by atoms with Crippen LogP contribution in [0.15, 0.2) is 29.2 Å². The number of rotatable bonds is 10. The summed E-state index contributed by atoms with van der Waals surface area (Å²) in [6, 6.07) is 7.20. The maximum Gasteiger partial charge on any atom is 0.240 e. The Morgan fingerprint density at radius 3 is 2.30 bits per heavy atom. The van der Waals surface area contributed by atoms with Crippen LogP contribution in [-0.2, 0) is 16.4 Å². The third-order valence-corrected chi connectivity index (χ3v) is 5.36. The van der Waals surface area contributed by atoms with E-state index in [9.17, 15) is 8.42 Å². The predicted molar refractivity (Wildman–Crippen MR) is 93.0 cm³/mol. The third-order valence-electron chi connectivity index (χ3n) is 3.12. The Labute approximate surface area is 136 Å². The van der Waals surface area contributed by atoms with E-state index in [-0.39, 0.29) is 0 Å². The number of halogens is 1. The summed E-state index contributed by atoms with van der Waals surface area (Å²) in [4.78, 5) is 0.365. The lowest BCUT2D eigenvalue weighted by atomic mass is 10.1. The third kappa shape index (κ3) is 6.54. The zero-order chi connectivity index (χ0) is 14.8. The molecule has 0 saturated heterocycles. The summed E-state index contributed by atoms with van der Waals surface area (Å²) >= 11 is 2.37. The van der Waals surface area contributed by atoms with Crippen LogP contribution in [0.3, 0.4) is 0 Å². The first-order valence-corrected chi connectivity index (χ1v) is 10.3. The van der Waals surface area contributed by atoms with Crippen molar-refractivity contribution < 1.29 is 8.42 Å². The first-order valence-electron chi connectivity index (χ1n) is 7.24. The molecule has 0 aliphatic rings. The van der Waals surface area contributed by atoms with Crippen LogP contribution in [-0.4, -0.2) is 19.4 Å². The van der Waals surface area contributed by atoms with Gasteiger partial charge in [0.25, 0.3) is 0 Å². The molecule has 1 N–H and O–H groups in total. The van der Waals surface area contributed by atoms with E-state index in [1.807, 2.05) is 12.1 Å². The summed E-state index contributed by atoms with van der Waals surface area (Å²) in [5, 5.41) is 0. The van der Waals surface area contributed by atoms with Crippen molar-refractivity contribution in [3.8, 4) is 0 Å². The van der Waals surface area contributed by atoms with Crippen LogP contribution in [0.1, 0.15) is 44.6 Å². The summed E-state index contributed by atoms with van der Waals surface area (Å²) < 4.78 is 28.0. The average molecular weight is 409 g/mol. The van der Waals surface area contributed by atoms with E-state index in [1.54, 1.807) is 12.1 Å². The van der Waals surface area contributed by atoms with E-state index in [4.69, 9.17) is 0 Å².